The van der Waals surface area contributed by atoms with Gasteiger partial charge in [-0.15, -0.1) is 0 Å². The number of nitro groups is 1. The van der Waals surface area contributed by atoms with Crippen LogP contribution in [-0.2, 0) is 13.1 Å². The summed E-state index contributed by atoms with van der Waals surface area (Å²) < 4.78 is 13.9. The molecule has 0 spiro atoms. The number of likely N-dealkylation sites (N-methyl/N-ethyl adjacent to an activating group) is 1. The fourth-order valence-electron chi connectivity index (χ4n) is 3.24. The smallest absolute Gasteiger partial charge is 0.272 e. The summed E-state index contributed by atoms with van der Waals surface area (Å²) in [7, 11) is 0. The highest BCUT2D eigenvalue weighted by Crippen LogP contribution is 2.21. The van der Waals surface area contributed by atoms with Crippen molar-refractivity contribution in [1.82, 2.24) is 9.80 Å². The maximum Gasteiger partial charge on any atom is 0.272 e. The van der Waals surface area contributed by atoms with E-state index in [1.165, 1.54) is 17.7 Å². The molecule has 7 heteroatoms. The van der Waals surface area contributed by atoms with Gasteiger partial charge in [-0.25, -0.2) is 4.39 Å². The van der Waals surface area contributed by atoms with Gasteiger partial charge < -0.3 is 10.2 Å². The molecule has 3 rings (SSSR count). The standard InChI is InChI=1S/C20H25FN4O2/c1-2-23-9-11-24(12-10-23)15-17-5-3-16(4-6-17)14-22-20-8-7-18(25(26)27)13-19(20)21/h3-8,13,22H,2,9-12,14-15H2,1H3. The van der Waals surface area contributed by atoms with Crippen molar-refractivity contribution in [2.75, 3.05) is 38.0 Å². The van der Waals surface area contributed by atoms with E-state index in [1.54, 1.807) is 0 Å². The number of benzene rings is 2. The van der Waals surface area contributed by atoms with Crippen LogP contribution in [0.3, 0.4) is 0 Å². The molecule has 1 fully saturated rings. The van der Waals surface area contributed by atoms with E-state index in [9.17, 15) is 14.5 Å². The highest BCUT2D eigenvalue weighted by molar-refractivity contribution is 5.50. The lowest BCUT2D eigenvalue weighted by Crippen LogP contribution is -2.45. The van der Waals surface area contributed by atoms with Crippen LogP contribution in [0.5, 0.6) is 0 Å². The van der Waals surface area contributed by atoms with Gasteiger partial charge in [-0.3, -0.25) is 15.0 Å². The van der Waals surface area contributed by atoms with Crippen molar-refractivity contribution in [3.05, 3.63) is 69.5 Å². The van der Waals surface area contributed by atoms with Crippen LogP contribution < -0.4 is 5.32 Å². The molecule has 1 saturated heterocycles. The summed E-state index contributed by atoms with van der Waals surface area (Å²) in [6.45, 7) is 9.16. The summed E-state index contributed by atoms with van der Waals surface area (Å²) in [6.07, 6.45) is 0. The third-order valence-corrected chi connectivity index (χ3v) is 4.99. The molecule has 0 radical (unpaired) electrons. The molecule has 1 aliphatic heterocycles. The van der Waals surface area contributed by atoms with Crippen molar-refractivity contribution in [3.63, 3.8) is 0 Å². The zero-order chi connectivity index (χ0) is 19.2. The summed E-state index contributed by atoms with van der Waals surface area (Å²) in [5.74, 6) is -0.618. The Balaban J connectivity index is 1.51. The van der Waals surface area contributed by atoms with E-state index >= 15 is 0 Å². The highest BCUT2D eigenvalue weighted by atomic mass is 19.1. The number of hydrogen-bond donors (Lipinski definition) is 1. The average molecular weight is 372 g/mol. The Hall–Kier alpha value is -2.51. The Morgan fingerprint density at radius 2 is 1.67 bits per heavy atom. The lowest BCUT2D eigenvalue weighted by atomic mass is 10.1. The maximum absolute atomic E-state index is 13.9. The summed E-state index contributed by atoms with van der Waals surface area (Å²) in [5.41, 5.74) is 2.32. The summed E-state index contributed by atoms with van der Waals surface area (Å²) in [5, 5.41) is 13.7. The molecule has 0 unspecified atom stereocenters. The topological polar surface area (TPSA) is 61.6 Å². The molecular formula is C20H25FN4O2. The number of halogens is 1. The van der Waals surface area contributed by atoms with Crippen molar-refractivity contribution >= 4 is 11.4 Å². The Bertz CT molecular complexity index is 774. The minimum absolute atomic E-state index is 0.248. The first kappa shape index (κ1) is 19.3. The molecule has 0 amide bonds. The van der Waals surface area contributed by atoms with Gasteiger partial charge >= 0.3 is 0 Å². The number of non-ortho nitro benzene ring substituents is 1. The van der Waals surface area contributed by atoms with Crippen LogP contribution in [0.4, 0.5) is 15.8 Å². The normalized spacial score (nSPS) is 15.6. The van der Waals surface area contributed by atoms with Crippen LogP contribution in [0.15, 0.2) is 42.5 Å². The fourth-order valence-corrected chi connectivity index (χ4v) is 3.24. The Morgan fingerprint density at radius 3 is 2.26 bits per heavy atom. The second kappa shape index (κ2) is 8.92. The van der Waals surface area contributed by atoms with Gasteiger partial charge in [0.1, 0.15) is 0 Å². The summed E-state index contributed by atoms with van der Waals surface area (Å²) >= 11 is 0. The van der Waals surface area contributed by atoms with Gasteiger partial charge in [-0.2, -0.15) is 0 Å². The van der Waals surface area contributed by atoms with E-state index in [4.69, 9.17) is 0 Å². The van der Waals surface area contributed by atoms with Crippen LogP contribution in [0.25, 0.3) is 0 Å². The van der Waals surface area contributed by atoms with Gasteiger partial charge in [0.05, 0.1) is 16.7 Å². The molecule has 0 aromatic heterocycles. The van der Waals surface area contributed by atoms with Crippen molar-refractivity contribution < 1.29 is 9.31 Å². The van der Waals surface area contributed by atoms with E-state index < -0.39 is 10.7 Å². The monoisotopic (exact) mass is 372 g/mol. The first-order valence-electron chi connectivity index (χ1n) is 9.25. The summed E-state index contributed by atoms with van der Waals surface area (Å²) in [6, 6.07) is 11.9. The molecule has 0 saturated carbocycles. The zero-order valence-electron chi connectivity index (χ0n) is 15.5. The van der Waals surface area contributed by atoms with Gasteiger partial charge in [0.2, 0.25) is 0 Å². The molecule has 0 bridgehead atoms. The van der Waals surface area contributed by atoms with Crippen LogP contribution in [0, 0.1) is 15.9 Å². The number of rotatable bonds is 7. The summed E-state index contributed by atoms with van der Waals surface area (Å²) in [4.78, 5) is 15.0. The second-order valence-corrected chi connectivity index (χ2v) is 6.80. The van der Waals surface area contributed by atoms with Crippen molar-refractivity contribution in [2.45, 2.75) is 20.0 Å². The van der Waals surface area contributed by atoms with Crippen LogP contribution >= 0.6 is 0 Å². The van der Waals surface area contributed by atoms with Crippen LogP contribution in [-0.4, -0.2) is 47.4 Å². The van der Waals surface area contributed by atoms with Gasteiger partial charge in [0, 0.05) is 45.3 Å². The number of piperazine rings is 1. The van der Waals surface area contributed by atoms with Crippen LogP contribution in [0.1, 0.15) is 18.1 Å². The van der Waals surface area contributed by atoms with E-state index in [1.807, 2.05) is 12.1 Å². The SMILES string of the molecule is CCN1CCN(Cc2ccc(CNc3ccc([N+](=O)[O-])cc3F)cc2)CC1. The molecule has 144 valence electrons. The molecule has 0 aliphatic carbocycles. The molecule has 0 atom stereocenters. The lowest BCUT2D eigenvalue weighted by Gasteiger charge is -2.34. The Kier molecular flexibility index (Phi) is 6.36. The molecule has 2 aromatic rings. The second-order valence-electron chi connectivity index (χ2n) is 6.80. The third-order valence-electron chi connectivity index (χ3n) is 4.99. The molecular weight excluding hydrogens is 347 g/mol. The van der Waals surface area contributed by atoms with Crippen LogP contribution in [0.2, 0.25) is 0 Å². The van der Waals surface area contributed by atoms with Gasteiger partial charge in [-0.1, -0.05) is 31.2 Å². The van der Waals surface area contributed by atoms with Crippen molar-refractivity contribution in [2.24, 2.45) is 0 Å². The third kappa shape index (κ3) is 5.24. The largest absolute Gasteiger partial charge is 0.379 e. The molecule has 27 heavy (non-hydrogen) atoms. The predicted octanol–water partition coefficient (Wildman–Crippen LogP) is 3.48. The lowest BCUT2D eigenvalue weighted by molar-refractivity contribution is -0.385. The first-order valence-corrected chi connectivity index (χ1v) is 9.25. The Morgan fingerprint density at radius 1 is 1.04 bits per heavy atom. The van der Waals surface area contributed by atoms with Gasteiger partial charge in [0.25, 0.3) is 5.69 Å². The minimum Gasteiger partial charge on any atom is -0.379 e. The molecule has 6 nitrogen and oxygen atoms in total. The number of hydrogen-bond acceptors (Lipinski definition) is 5. The highest BCUT2D eigenvalue weighted by Gasteiger charge is 2.15. The molecule has 1 heterocycles. The van der Waals surface area contributed by atoms with Crippen molar-refractivity contribution in [1.29, 1.82) is 0 Å². The first-order chi connectivity index (χ1) is 13.0. The predicted molar refractivity (Wildman–Crippen MR) is 104 cm³/mol. The number of nitro benzene ring substituents is 1. The van der Waals surface area contributed by atoms with Gasteiger partial charge in [-0.05, 0) is 23.7 Å². The number of nitrogens with one attached hydrogen (secondary N) is 1. The average Bonchev–Trinajstić information content (AvgIpc) is 2.68. The maximum atomic E-state index is 13.9. The number of nitrogens with zero attached hydrogens (tertiary/aromatic N) is 3. The van der Waals surface area contributed by atoms with E-state index in [2.05, 4.69) is 34.2 Å². The van der Waals surface area contributed by atoms with E-state index in [0.29, 0.717) is 6.54 Å². The van der Waals surface area contributed by atoms with Crippen molar-refractivity contribution in [3.8, 4) is 0 Å². The van der Waals surface area contributed by atoms with E-state index in [-0.39, 0.29) is 11.4 Å². The quantitative estimate of drug-likeness (QED) is 0.596. The van der Waals surface area contributed by atoms with Gasteiger partial charge in [0.15, 0.2) is 5.82 Å². The molecule has 1 N–H and O–H groups in total. The van der Waals surface area contributed by atoms with E-state index in [0.717, 1.165) is 50.9 Å². The minimum atomic E-state index is -0.618. The zero-order valence-corrected chi connectivity index (χ0v) is 15.5. The molecule has 1 aliphatic rings. The Labute approximate surface area is 158 Å². The number of anilines is 1. The fraction of sp³-hybridized carbons (Fsp3) is 0.400. The molecule has 2 aromatic carbocycles.